The fraction of sp³-hybridized carbons (Fsp3) is 0.652. The van der Waals surface area contributed by atoms with E-state index in [2.05, 4.69) is 22.3 Å². The van der Waals surface area contributed by atoms with Gasteiger partial charge in [-0.2, -0.15) is 0 Å². The van der Waals surface area contributed by atoms with Crippen LogP contribution in [-0.4, -0.2) is 34.6 Å². The molecule has 1 aliphatic carbocycles. The van der Waals surface area contributed by atoms with Crippen molar-refractivity contribution < 1.29 is 14.7 Å². The number of likely N-dealkylation sites (tertiary alicyclic amines) is 1. The summed E-state index contributed by atoms with van der Waals surface area (Å²) in [7, 11) is 0. The van der Waals surface area contributed by atoms with Crippen molar-refractivity contribution in [1.82, 2.24) is 10.2 Å². The van der Waals surface area contributed by atoms with Gasteiger partial charge in [-0.05, 0) is 44.1 Å². The van der Waals surface area contributed by atoms with E-state index in [-0.39, 0.29) is 12.1 Å². The number of carboxylic acid groups (broad SMARTS) is 1. The fourth-order valence-corrected chi connectivity index (χ4v) is 5.01. The summed E-state index contributed by atoms with van der Waals surface area (Å²) in [6.45, 7) is 3.84. The van der Waals surface area contributed by atoms with Gasteiger partial charge in [0.2, 0.25) is 5.91 Å². The SMILES string of the molecule is CCCC(CC1(C(=O)NC2CCCN2Cc2ccccc2)CCCC1)C(=O)O. The van der Waals surface area contributed by atoms with Gasteiger partial charge < -0.3 is 10.4 Å². The molecule has 1 amide bonds. The number of hydrogen-bond acceptors (Lipinski definition) is 3. The molecule has 154 valence electrons. The topological polar surface area (TPSA) is 69.6 Å². The summed E-state index contributed by atoms with van der Waals surface area (Å²) in [5.41, 5.74) is 0.757. The first-order valence-electron chi connectivity index (χ1n) is 10.9. The first-order valence-corrected chi connectivity index (χ1v) is 10.9. The minimum absolute atomic E-state index is 0.0552. The Bertz CT molecular complexity index is 655. The Morgan fingerprint density at radius 2 is 1.93 bits per heavy atom. The van der Waals surface area contributed by atoms with E-state index in [1.54, 1.807) is 0 Å². The molecular formula is C23H34N2O3. The van der Waals surface area contributed by atoms with Crippen LogP contribution in [0.2, 0.25) is 0 Å². The fourth-order valence-electron chi connectivity index (χ4n) is 5.01. The second-order valence-corrected chi connectivity index (χ2v) is 8.60. The maximum absolute atomic E-state index is 13.4. The van der Waals surface area contributed by atoms with Gasteiger partial charge in [-0.3, -0.25) is 14.5 Å². The van der Waals surface area contributed by atoms with Crippen molar-refractivity contribution in [2.45, 2.75) is 77.4 Å². The molecule has 1 aliphatic heterocycles. The van der Waals surface area contributed by atoms with Crippen molar-refractivity contribution in [3.63, 3.8) is 0 Å². The number of hydrogen-bond donors (Lipinski definition) is 2. The van der Waals surface area contributed by atoms with Crippen LogP contribution in [0.15, 0.2) is 30.3 Å². The third kappa shape index (κ3) is 4.93. The van der Waals surface area contributed by atoms with Crippen LogP contribution in [0, 0.1) is 11.3 Å². The largest absolute Gasteiger partial charge is 0.481 e. The zero-order valence-corrected chi connectivity index (χ0v) is 17.0. The van der Waals surface area contributed by atoms with Crippen molar-refractivity contribution in [3.05, 3.63) is 35.9 Å². The third-order valence-electron chi connectivity index (χ3n) is 6.56. The summed E-state index contributed by atoms with van der Waals surface area (Å²) in [6, 6.07) is 10.4. The van der Waals surface area contributed by atoms with Crippen molar-refractivity contribution in [1.29, 1.82) is 0 Å². The first kappa shape index (κ1) is 20.8. The van der Waals surface area contributed by atoms with Gasteiger partial charge in [0.15, 0.2) is 0 Å². The number of rotatable bonds is 9. The number of amides is 1. The van der Waals surface area contributed by atoms with E-state index in [0.29, 0.717) is 12.8 Å². The quantitative estimate of drug-likeness (QED) is 0.668. The van der Waals surface area contributed by atoms with Crippen LogP contribution >= 0.6 is 0 Å². The molecule has 5 heteroatoms. The van der Waals surface area contributed by atoms with Crippen LogP contribution in [0.1, 0.15) is 70.3 Å². The zero-order valence-electron chi connectivity index (χ0n) is 17.0. The van der Waals surface area contributed by atoms with Crippen molar-refractivity contribution in [2.75, 3.05) is 6.54 Å². The maximum atomic E-state index is 13.4. The van der Waals surface area contributed by atoms with Crippen LogP contribution in [0.5, 0.6) is 0 Å². The smallest absolute Gasteiger partial charge is 0.306 e. The maximum Gasteiger partial charge on any atom is 0.306 e. The van der Waals surface area contributed by atoms with Gasteiger partial charge in [0.05, 0.1) is 17.5 Å². The number of nitrogens with one attached hydrogen (secondary N) is 1. The number of benzene rings is 1. The van der Waals surface area contributed by atoms with Crippen LogP contribution in [-0.2, 0) is 16.1 Å². The van der Waals surface area contributed by atoms with Gasteiger partial charge in [-0.1, -0.05) is 56.5 Å². The van der Waals surface area contributed by atoms with Gasteiger partial charge >= 0.3 is 5.97 Å². The zero-order chi connectivity index (χ0) is 20.0. The number of nitrogens with zero attached hydrogens (tertiary/aromatic N) is 1. The number of carbonyl (C=O) groups is 2. The summed E-state index contributed by atoms with van der Waals surface area (Å²) in [5.74, 6) is -1.09. The molecule has 3 rings (SSSR count). The average molecular weight is 387 g/mol. The molecule has 1 saturated carbocycles. The highest BCUT2D eigenvalue weighted by molar-refractivity contribution is 5.84. The highest BCUT2D eigenvalue weighted by Gasteiger charge is 2.45. The second-order valence-electron chi connectivity index (χ2n) is 8.60. The Kier molecular flexibility index (Phi) is 7.11. The normalized spacial score (nSPS) is 22.8. The molecule has 5 nitrogen and oxygen atoms in total. The van der Waals surface area contributed by atoms with Gasteiger partial charge in [-0.25, -0.2) is 0 Å². The molecule has 1 aromatic carbocycles. The van der Waals surface area contributed by atoms with Crippen LogP contribution in [0.4, 0.5) is 0 Å². The number of aliphatic carboxylic acids is 1. The minimum atomic E-state index is -0.757. The Balaban J connectivity index is 1.67. The van der Waals surface area contributed by atoms with E-state index in [0.717, 1.165) is 58.0 Å². The van der Waals surface area contributed by atoms with Crippen LogP contribution in [0.25, 0.3) is 0 Å². The lowest BCUT2D eigenvalue weighted by molar-refractivity contribution is -0.145. The average Bonchev–Trinajstić information content (AvgIpc) is 3.33. The van der Waals surface area contributed by atoms with E-state index in [1.807, 2.05) is 25.1 Å². The molecule has 2 unspecified atom stereocenters. The summed E-state index contributed by atoms with van der Waals surface area (Å²) >= 11 is 0. The summed E-state index contributed by atoms with van der Waals surface area (Å²) < 4.78 is 0. The lowest BCUT2D eigenvalue weighted by Gasteiger charge is -2.34. The van der Waals surface area contributed by atoms with Crippen molar-refractivity contribution >= 4 is 11.9 Å². The molecule has 0 aromatic heterocycles. The van der Waals surface area contributed by atoms with Gasteiger partial charge in [0.25, 0.3) is 0 Å². The molecule has 2 atom stereocenters. The molecule has 0 spiro atoms. The lowest BCUT2D eigenvalue weighted by Crippen LogP contribution is -2.50. The Morgan fingerprint density at radius 1 is 1.21 bits per heavy atom. The van der Waals surface area contributed by atoms with Crippen LogP contribution in [0.3, 0.4) is 0 Å². The van der Waals surface area contributed by atoms with E-state index in [1.165, 1.54) is 5.56 Å². The first-order chi connectivity index (χ1) is 13.5. The molecule has 1 heterocycles. The van der Waals surface area contributed by atoms with Gasteiger partial charge in [-0.15, -0.1) is 0 Å². The van der Waals surface area contributed by atoms with Gasteiger partial charge in [0, 0.05) is 13.1 Å². The van der Waals surface area contributed by atoms with E-state index < -0.39 is 17.3 Å². The van der Waals surface area contributed by atoms with Crippen molar-refractivity contribution in [2.24, 2.45) is 11.3 Å². The molecular weight excluding hydrogens is 352 g/mol. The predicted molar refractivity (Wildman–Crippen MR) is 110 cm³/mol. The number of carboxylic acids is 1. The number of carbonyl (C=O) groups excluding carboxylic acids is 1. The van der Waals surface area contributed by atoms with E-state index in [9.17, 15) is 14.7 Å². The third-order valence-corrected chi connectivity index (χ3v) is 6.56. The predicted octanol–water partition coefficient (Wildman–Crippen LogP) is 4.18. The molecule has 1 aromatic rings. The molecule has 2 N–H and O–H groups in total. The minimum Gasteiger partial charge on any atom is -0.481 e. The van der Waals surface area contributed by atoms with E-state index in [4.69, 9.17) is 0 Å². The Morgan fingerprint density at radius 3 is 2.57 bits per heavy atom. The van der Waals surface area contributed by atoms with Gasteiger partial charge in [0.1, 0.15) is 0 Å². The Labute approximate surface area is 168 Å². The lowest BCUT2D eigenvalue weighted by atomic mass is 9.75. The standard InChI is InChI=1S/C23H34N2O3/c1-2-9-19(21(26)27)16-23(13-6-7-14-23)22(28)24-20-12-8-15-25(20)17-18-10-4-3-5-11-18/h3-5,10-11,19-20H,2,6-9,12-17H2,1H3,(H,24,28)(H,26,27). The molecule has 1 saturated heterocycles. The van der Waals surface area contributed by atoms with E-state index >= 15 is 0 Å². The molecule has 0 radical (unpaired) electrons. The molecule has 28 heavy (non-hydrogen) atoms. The van der Waals surface area contributed by atoms with Crippen molar-refractivity contribution in [3.8, 4) is 0 Å². The highest BCUT2D eigenvalue weighted by atomic mass is 16.4. The monoisotopic (exact) mass is 386 g/mol. The molecule has 2 fully saturated rings. The van der Waals surface area contributed by atoms with Crippen LogP contribution < -0.4 is 5.32 Å². The Hall–Kier alpha value is -1.88. The highest BCUT2D eigenvalue weighted by Crippen LogP contribution is 2.44. The summed E-state index contributed by atoms with van der Waals surface area (Å²) in [4.78, 5) is 27.4. The second kappa shape index (κ2) is 9.55. The summed E-state index contributed by atoms with van der Waals surface area (Å²) in [6.07, 6.45) is 7.73. The molecule has 0 bridgehead atoms. The summed E-state index contributed by atoms with van der Waals surface area (Å²) in [5, 5.41) is 12.9. The molecule has 2 aliphatic rings.